The highest BCUT2D eigenvalue weighted by Crippen LogP contribution is 2.28. The highest BCUT2D eigenvalue weighted by Gasteiger charge is 2.27. The summed E-state index contributed by atoms with van der Waals surface area (Å²) in [4.78, 5) is 25.2. The van der Waals surface area contributed by atoms with Crippen molar-refractivity contribution >= 4 is 17.6 Å². The van der Waals surface area contributed by atoms with Gasteiger partial charge in [0.05, 0.1) is 6.42 Å². The summed E-state index contributed by atoms with van der Waals surface area (Å²) in [5.74, 6) is -0.739. The van der Waals surface area contributed by atoms with Crippen molar-refractivity contribution < 1.29 is 14.7 Å². The van der Waals surface area contributed by atoms with E-state index in [1.807, 2.05) is 31.2 Å². The third kappa shape index (κ3) is 4.31. The number of hydrogen-bond acceptors (Lipinski definition) is 2. The zero-order valence-corrected chi connectivity index (χ0v) is 12.5. The first-order chi connectivity index (χ1) is 10.1. The molecule has 1 aromatic rings. The van der Waals surface area contributed by atoms with Gasteiger partial charge in [0.2, 0.25) is 5.91 Å². The maximum absolute atomic E-state index is 12.7. The van der Waals surface area contributed by atoms with Crippen molar-refractivity contribution in [1.29, 1.82) is 0 Å². The predicted molar refractivity (Wildman–Crippen MR) is 82.4 cm³/mol. The van der Waals surface area contributed by atoms with Crippen molar-refractivity contribution in [2.75, 3.05) is 11.4 Å². The van der Waals surface area contributed by atoms with Crippen LogP contribution < -0.4 is 4.90 Å². The molecule has 1 aliphatic rings. The molecule has 1 N–H and O–H groups in total. The fourth-order valence-corrected chi connectivity index (χ4v) is 2.87. The first-order valence-electron chi connectivity index (χ1n) is 7.68. The quantitative estimate of drug-likeness (QED) is 0.904. The van der Waals surface area contributed by atoms with Crippen LogP contribution in [-0.4, -0.2) is 23.5 Å². The second kappa shape index (κ2) is 7.25. The average Bonchev–Trinajstić information content (AvgIpc) is 2.49. The summed E-state index contributed by atoms with van der Waals surface area (Å²) in [7, 11) is 0. The van der Waals surface area contributed by atoms with Gasteiger partial charge in [-0.3, -0.25) is 9.59 Å². The molecule has 0 radical (unpaired) electrons. The molecule has 0 saturated heterocycles. The van der Waals surface area contributed by atoms with Gasteiger partial charge in [-0.2, -0.15) is 0 Å². The van der Waals surface area contributed by atoms with E-state index in [9.17, 15) is 9.59 Å². The highest BCUT2D eigenvalue weighted by molar-refractivity contribution is 5.95. The van der Waals surface area contributed by atoms with E-state index in [0.717, 1.165) is 36.9 Å². The Morgan fingerprint density at radius 2 is 1.76 bits per heavy atom. The second-order valence-electron chi connectivity index (χ2n) is 5.80. The number of hydrogen-bond donors (Lipinski definition) is 1. The molecule has 0 bridgehead atoms. The number of carbonyl (C=O) groups excluding carboxylic acids is 1. The molecule has 1 amide bonds. The van der Waals surface area contributed by atoms with Gasteiger partial charge >= 0.3 is 5.97 Å². The fourth-order valence-electron chi connectivity index (χ4n) is 2.87. The lowest BCUT2D eigenvalue weighted by atomic mass is 9.88. The lowest BCUT2D eigenvalue weighted by Gasteiger charge is -2.29. The van der Waals surface area contributed by atoms with E-state index < -0.39 is 5.97 Å². The summed E-state index contributed by atoms with van der Waals surface area (Å²) in [6, 6.07) is 7.71. The number of carboxylic acids is 1. The zero-order valence-electron chi connectivity index (χ0n) is 12.5. The minimum atomic E-state index is -0.872. The van der Waals surface area contributed by atoms with Crippen LogP contribution in [0.5, 0.6) is 0 Å². The van der Waals surface area contributed by atoms with Gasteiger partial charge in [-0.05, 0) is 31.9 Å². The van der Waals surface area contributed by atoms with Crippen LogP contribution in [0.25, 0.3) is 0 Å². The minimum Gasteiger partial charge on any atom is -0.481 e. The Bertz CT molecular complexity index is 489. The number of aryl methyl sites for hydroxylation is 1. The molecular formula is C17H23NO3. The molecule has 4 heteroatoms. The van der Waals surface area contributed by atoms with Gasteiger partial charge in [-0.25, -0.2) is 0 Å². The molecule has 0 atom stereocenters. The second-order valence-corrected chi connectivity index (χ2v) is 5.80. The van der Waals surface area contributed by atoms with Crippen molar-refractivity contribution in [1.82, 2.24) is 0 Å². The molecule has 0 heterocycles. The third-order valence-corrected chi connectivity index (χ3v) is 4.12. The van der Waals surface area contributed by atoms with Gasteiger partial charge in [0, 0.05) is 18.2 Å². The summed E-state index contributed by atoms with van der Waals surface area (Å²) in [5, 5.41) is 8.91. The van der Waals surface area contributed by atoms with E-state index in [4.69, 9.17) is 5.11 Å². The third-order valence-electron chi connectivity index (χ3n) is 4.12. The van der Waals surface area contributed by atoms with E-state index in [-0.39, 0.29) is 24.8 Å². The number of rotatable bonds is 5. The molecular weight excluding hydrogens is 266 g/mol. The van der Waals surface area contributed by atoms with E-state index in [2.05, 4.69) is 0 Å². The number of carbonyl (C=O) groups is 2. The first kappa shape index (κ1) is 15.5. The Morgan fingerprint density at radius 1 is 1.14 bits per heavy atom. The molecule has 1 saturated carbocycles. The highest BCUT2D eigenvalue weighted by atomic mass is 16.4. The lowest BCUT2D eigenvalue weighted by Crippen LogP contribution is -2.38. The van der Waals surface area contributed by atoms with Crippen molar-refractivity contribution in [3.8, 4) is 0 Å². The summed E-state index contributed by atoms with van der Waals surface area (Å²) in [5.41, 5.74) is 1.93. The standard InChI is InChI=1S/C17H23NO3/c1-13-7-9-15(10-8-13)18(12-11-16(19)20)17(21)14-5-3-2-4-6-14/h7-10,14H,2-6,11-12H2,1H3,(H,19,20). The molecule has 4 nitrogen and oxygen atoms in total. The molecule has 1 aliphatic carbocycles. The van der Waals surface area contributed by atoms with E-state index in [1.165, 1.54) is 6.42 Å². The van der Waals surface area contributed by atoms with Gasteiger partial charge in [0.1, 0.15) is 0 Å². The smallest absolute Gasteiger partial charge is 0.305 e. The molecule has 0 unspecified atom stereocenters. The van der Waals surface area contributed by atoms with Crippen LogP contribution in [0, 0.1) is 12.8 Å². The summed E-state index contributed by atoms with van der Waals surface area (Å²) >= 11 is 0. The van der Waals surface area contributed by atoms with E-state index in [0.29, 0.717) is 0 Å². The van der Waals surface area contributed by atoms with Crippen molar-refractivity contribution in [3.05, 3.63) is 29.8 Å². The largest absolute Gasteiger partial charge is 0.481 e. The molecule has 1 fully saturated rings. The number of aliphatic carboxylic acids is 1. The lowest BCUT2D eigenvalue weighted by molar-refractivity contribution is -0.136. The van der Waals surface area contributed by atoms with Crippen molar-refractivity contribution in [2.45, 2.75) is 45.4 Å². The normalized spacial score (nSPS) is 15.7. The van der Waals surface area contributed by atoms with Crippen molar-refractivity contribution in [3.63, 3.8) is 0 Å². The van der Waals surface area contributed by atoms with Crippen molar-refractivity contribution in [2.24, 2.45) is 5.92 Å². The molecule has 21 heavy (non-hydrogen) atoms. The Hall–Kier alpha value is -1.84. The van der Waals surface area contributed by atoms with Crippen LogP contribution in [0.15, 0.2) is 24.3 Å². The first-order valence-corrected chi connectivity index (χ1v) is 7.68. The van der Waals surface area contributed by atoms with Gasteiger partial charge < -0.3 is 10.0 Å². The van der Waals surface area contributed by atoms with Gasteiger partial charge in [0.25, 0.3) is 0 Å². The van der Waals surface area contributed by atoms with Crippen LogP contribution in [0.2, 0.25) is 0 Å². The minimum absolute atomic E-state index is 0.0215. The number of amides is 1. The monoisotopic (exact) mass is 289 g/mol. The predicted octanol–water partition coefficient (Wildman–Crippen LogP) is 3.38. The molecule has 114 valence electrons. The summed E-state index contributed by atoms with van der Waals surface area (Å²) in [6.45, 7) is 2.24. The number of anilines is 1. The van der Waals surface area contributed by atoms with Gasteiger partial charge in [0.15, 0.2) is 0 Å². The van der Waals surface area contributed by atoms with E-state index in [1.54, 1.807) is 4.90 Å². The molecule has 0 spiro atoms. The molecule has 2 rings (SSSR count). The van der Waals surface area contributed by atoms with Gasteiger partial charge in [-0.15, -0.1) is 0 Å². The maximum atomic E-state index is 12.7. The Balaban J connectivity index is 2.15. The van der Waals surface area contributed by atoms with Crippen LogP contribution in [0.3, 0.4) is 0 Å². The maximum Gasteiger partial charge on any atom is 0.305 e. The fraction of sp³-hybridized carbons (Fsp3) is 0.529. The Kier molecular flexibility index (Phi) is 5.37. The number of carboxylic acid groups (broad SMARTS) is 1. The van der Waals surface area contributed by atoms with Crippen LogP contribution in [0.4, 0.5) is 5.69 Å². The van der Waals surface area contributed by atoms with Crippen LogP contribution in [-0.2, 0) is 9.59 Å². The topological polar surface area (TPSA) is 57.6 Å². The van der Waals surface area contributed by atoms with E-state index >= 15 is 0 Å². The van der Waals surface area contributed by atoms with Gasteiger partial charge in [-0.1, -0.05) is 37.0 Å². The molecule has 0 aliphatic heterocycles. The average molecular weight is 289 g/mol. The summed E-state index contributed by atoms with van der Waals surface area (Å²) < 4.78 is 0. The number of benzene rings is 1. The van der Waals surface area contributed by atoms with Crippen LogP contribution in [0.1, 0.15) is 44.1 Å². The SMILES string of the molecule is Cc1ccc(N(CCC(=O)O)C(=O)C2CCCCC2)cc1. The van der Waals surface area contributed by atoms with Crippen LogP contribution >= 0.6 is 0 Å². The Morgan fingerprint density at radius 3 is 2.33 bits per heavy atom. The zero-order chi connectivity index (χ0) is 15.2. The Labute approximate surface area is 125 Å². The molecule has 1 aromatic carbocycles. The molecule has 0 aromatic heterocycles. The summed E-state index contributed by atoms with van der Waals surface area (Å²) in [6.07, 6.45) is 5.21. The number of nitrogens with zero attached hydrogens (tertiary/aromatic N) is 1.